The summed E-state index contributed by atoms with van der Waals surface area (Å²) in [5.74, 6) is 0. The van der Waals surface area contributed by atoms with Crippen molar-refractivity contribution in [1.29, 1.82) is 0 Å². The molecule has 2 aliphatic heterocycles. The summed E-state index contributed by atoms with van der Waals surface area (Å²) in [7, 11) is 0. The molecule has 0 spiro atoms. The fraction of sp³-hybridized carbons (Fsp3) is 0.667. The number of hydrogen-bond donors (Lipinski definition) is 0. The maximum atomic E-state index is 5.98. The molecule has 0 aromatic carbocycles. The van der Waals surface area contributed by atoms with Crippen LogP contribution in [-0.4, -0.2) is 21.8 Å². The van der Waals surface area contributed by atoms with E-state index in [0.29, 0.717) is 0 Å². The highest BCUT2D eigenvalue weighted by molar-refractivity contribution is 9.09. The molecule has 2 unspecified atom stereocenters. The molecule has 16 heavy (non-hydrogen) atoms. The van der Waals surface area contributed by atoms with Gasteiger partial charge in [0.15, 0.2) is 0 Å². The molecule has 1 nitrogen and oxygen atoms in total. The van der Waals surface area contributed by atoms with Crippen LogP contribution < -0.4 is 0 Å². The van der Waals surface area contributed by atoms with Crippen LogP contribution in [0.1, 0.15) is 30.6 Å². The van der Waals surface area contributed by atoms with Gasteiger partial charge in [0.05, 0.1) is 4.34 Å². The van der Waals surface area contributed by atoms with Gasteiger partial charge >= 0.3 is 0 Å². The molecule has 2 bridgehead atoms. The Bertz CT molecular complexity index is 367. The largest absolute Gasteiger partial charge is 0.292 e. The second kappa shape index (κ2) is 4.60. The Balaban J connectivity index is 1.72. The van der Waals surface area contributed by atoms with E-state index in [9.17, 15) is 0 Å². The van der Waals surface area contributed by atoms with Crippen LogP contribution >= 0.6 is 38.9 Å². The zero-order valence-electron chi connectivity index (χ0n) is 9.03. The Kier molecular flexibility index (Phi) is 3.31. The van der Waals surface area contributed by atoms with E-state index in [4.69, 9.17) is 11.6 Å². The summed E-state index contributed by atoms with van der Waals surface area (Å²) >= 11 is 11.5. The lowest BCUT2D eigenvalue weighted by atomic mass is 10.0. The van der Waals surface area contributed by atoms with Gasteiger partial charge in [0.1, 0.15) is 0 Å². The Morgan fingerprint density at radius 1 is 1.31 bits per heavy atom. The van der Waals surface area contributed by atoms with Gasteiger partial charge in [-0.1, -0.05) is 27.5 Å². The Morgan fingerprint density at radius 3 is 2.56 bits per heavy atom. The molecule has 0 radical (unpaired) electrons. The summed E-state index contributed by atoms with van der Waals surface area (Å²) in [6.45, 7) is 1.10. The van der Waals surface area contributed by atoms with Crippen molar-refractivity contribution in [3.63, 3.8) is 0 Å². The molecule has 0 aliphatic carbocycles. The van der Waals surface area contributed by atoms with Gasteiger partial charge in [-0.15, -0.1) is 11.3 Å². The van der Waals surface area contributed by atoms with Crippen molar-refractivity contribution in [2.75, 3.05) is 0 Å². The van der Waals surface area contributed by atoms with Gasteiger partial charge in [-0.3, -0.25) is 4.90 Å². The van der Waals surface area contributed by atoms with Crippen LogP contribution in [0.4, 0.5) is 0 Å². The maximum Gasteiger partial charge on any atom is 0.0931 e. The smallest absolute Gasteiger partial charge is 0.0931 e. The van der Waals surface area contributed by atoms with Crippen LogP contribution in [0.5, 0.6) is 0 Å². The lowest BCUT2D eigenvalue weighted by Crippen LogP contribution is -2.42. The van der Waals surface area contributed by atoms with E-state index in [1.807, 2.05) is 6.07 Å². The first-order valence-corrected chi connectivity index (χ1v) is 7.97. The summed E-state index contributed by atoms with van der Waals surface area (Å²) in [4.78, 5) is 4.85. The highest BCUT2D eigenvalue weighted by atomic mass is 79.9. The third kappa shape index (κ3) is 2.20. The molecule has 2 saturated heterocycles. The minimum Gasteiger partial charge on any atom is -0.292 e. The van der Waals surface area contributed by atoms with E-state index < -0.39 is 0 Å². The molecule has 3 rings (SSSR count). The van der Waals surface area contributed by atoms with Crippen LogP contribution in [0.25, 0.3) is 0 Å². The number of piperidine rings is 1. The van der Waals surface area contributed by atoms with Gasteiger partial charge < -0.3 is 0 Å². The highest BCUT2D eigenvalue weighted by Gasteiger charge is 2.39. The topological polar surface area (TPSA) is 3.24 Å². The number of hydrogen-bond acceptors (Lipinski definition) is 2. The number of halogens is 2. The van der Waals surface area contributed by atoms with Crippen LogP contribution in [0, 0.1) is 0 Å². The van der Waals surface area contributed by atoms with Crippen LogP contribution in [0.3, 0.4) is 0 Å². The highest BCUT2D eigenvalue weighted by Crippen LogP contribution is 2.40. The van der Waals surface area contributed by atoms with Crippen LogP contribution in [0.15, 0.2) is 12.1 Å². The molecule has 88 valence electrons. The molecule has 4 heteroatoms. The predicted octanol–water partition coefficient (Wildman–Crippen LogP) is 4.29. The third-order valence-electron chi connectivity index (χ3n) is 3.79. The standard InChI is InChI=1S/C12H15BrClNS/c13-8-5-9-1-2-10(6-8)15(9)7-11-3-4-12(14)16-11/h3-4,8-10H,1-2,5-7H2. The van der Waals surface area contributed by atoms with E-state index in [1.54, 1.807) is 11.3 Å². The molecule has 2 fully saturated rings. The molecule has 2 aliphatic rings. The van der Waals surface area contributed by atoms with Crippen molar-refractivity contribution in [2.24, 2.45) is 0 Å². The normalized spacial score (nSPS) is 34.5. The average molecular weight is 321 g/mol. The van der Waals surface area contributed by atoms with Crippen molar-refractivity contribution >= 4 is 38.9 Å². The summed E-state index contributed by atoms with van der Waals surface area (Å²) in [6.07, 6.45) is 5.39. The molecular formula is C12H15BrClNS. The van der Waals surface area contributed by atoms with E-state index in [0.717, 1.165) is 27.8 Å². The van der Waals surface area contributed by atoms with Crippen LogP contribution in [-0.2, 0) is 6.54 Å². The molecule has 0 saturated carbocycles. The second-order valence-electron chi connectivity index (χ2n) is 4.83. The summed E-state index contributed by atoms with van der Waals surface area (Å²) in [5.41, 5.74) is 0. The van der Waals surface area contributed by atoms with Gasteiger partial charge in [0.2, 0.25) is 0 Å². The van der Waals surface area contributed by atoms with Gasteiger partial charge in [-0.2, -0.15) is 0 Å². The second-order valence-corrected chi connectivity index (χ2v) is 7.93. The summed E-state index contributed by atoms with van der Waals surface area (Å²) in [5, 5.41) is 0. The van der Waals surface area contributed by atoms with Gasteiger partial charge in [-0.25, -0.2) is 0 Å². The lowest BCUT2D eigenvalue weighted by molar-refractivity contribution is 0.138. The number of fused-ring (bicyclic) bond motifs is 2. The minimum atomic E-state index is 0.744. The van der Waals surface area contributed by atoms with Crippen molar-refractivity contribution in [1.82, 2.24) is 4.90 Å². The SMILES string of the molecule is Clc1ccc(CN2C3CCC2CC(Br)C3)s1. The monoisotopic (exact) mass is 319 g/mol. The van der Waals surface area contributed by atoms with E-state index in [-0.39, 0.29) is 0 Å². The number of rotatable bonds is 2. The molecular weight excluding hydrogens is 306 g/mol. The zero-order chi connectivity index (χ0) is 11.1. The average Bonchev–Trinajstić information content (AvgIpc) is 2.72. The molecule has 2 atom stereocenters. The summed E-state index contributed by atoms with van der Waals surface area (Å²) < 4.78 is 0.915. The lowest BCUT2D eigenvalue weighted by Gasteiger charge is -2.36. The first kappa shape index (κ1) is 11.5. The molecule has 3 heterocycles. The maximum absolute atomic E-state index is 5.98. The molecule has 1 aromatic heterocycles. The fourth-order valence-corrected chi connectivity index (χ4v) is 5.04. The molecule has 0 N–H and O–H groups in total. The van der Waals surface area contributed by atoms with E-state index in [1.165, 1.54) is 30.6 Å². The minimum absolute atomic E-state index is 0.744. The first-order chi connectivity index (χ1) is 7.72. The van der Waals surface area contributed by atoms with Crippen molar-refractivity contribution in [3.8, 4) is 0 Å². The molecule has 1 aromatic rings. The van der Waals surface area contributed by atoms with Crippen molar-refractivity contribution < 1.29 is 0 Å². The fourth-order valence-electron chi connectivity index (χ4n) is 3.08. The third-order valence-corrected chi connectivity index (χ3v) is 5.76. The quantitative estimate of drug-likeness (QED) is 0.735. The predicted molar refractivity (Wildman–Crippen MR) is 73.6 cm³/mol. The zero-order valence-corrected chi connectivity index (χ0v) is 12.2. The number of nitrogens with zero attached hydrogens (tertiary/aromatic N) is 1. The van der Waals surface area contributed by atoms with Crippen molar-refractivity contribution in [3.05, 3.63) is 21.3 Å². The van der Waals surface area contributed by atoms with Gasteiger partial charge in [-0.05, 0) is 37.8 Å². The first-order valence-electron chi connectivity index (χ1n) is 5.86. The van der Waals surface area contributed by atoms with Gasteiger partial charge in [0, 0.05) is 28.3 Å². The van der Waals surface area contributed by atoms with E-state index in [2.05, 4.69) is 26.9 Å². The Hall–Kier alpha value is 0.430. The molecule has 0 amide bonds. The van der Waals surface area contributed by atoms with Gasteiger partial charge in [0.25, 0.3) is 0 Å². The van der Waals surface area contributed by atoms with E-state index >= 15 is 0 Å². The number of thiophene rings is 1. The van der Waals surface area contributed by atoms with Crippen LogP contribution in [0.2, 0.25) is 4.34 Å². The summed E-state index contributed by atoms with van der Waals surface area (Å²) in [6, 6.07) is 5.78. The Morgan fingerprint density at radius 2 is 2.00 bits per heavy atom. The van der Waals surface area contributed by atoms with Crippen molar-refractivity contribution in [2.45, 2.75) is 49.1 Å². The Labute approximate surface area is 114 Å². The number of alkyl halides is 1.